The van der Waals surface area contributed by atoms with Crippen molar-refractivity contribution in [2.75, 3.05) is 26.8 Å². The second kappa shape index (κ2) is 10.7. The Morgan fingerprint density at radius 3 is 2.03 bits per heavy atom. The first-order valence-corrected chi connectivity index (χ1v) is 13.1. The number of ether oxygens (including phenoxy) is 2. The SMILES string of the molecule is CCOc1cc2c(c(OCC)c1C(=O)NC)C(=N)N(CC(=O)c1cc(C(C)(C)C)c(O)c(C(C)(C)C)c1)C2. The van der Waals surface area contributed by atoms with E-state index in [0.717, 1.165) is 5.56 Å². The van der Waals surface area contributed by atoms with Gasteiger partial charge in [0.2, 0.25) is 0 Å². The molecular weight excluding hydrogens is 482 g/mol. The zero-order valence-electron chi connectivity index (χ0n) is 24.1. The topological polar surface area (TPSA) is 112 Å². The molecule has 2 aromatic carbocycles. The lowest BCUT2D eigenvalue weighted by Crippen LogP contribution is -2.31. The first-order chi connectivity index (χ1) is 17.6. The molecule has 0 saturated carbocycles. The van der Waals surface area contributed by atoms with Crippen LogP contribution in [-0.4, -0.2) is 54.3 Å². The maximum atomic E-state index is 13.6. The van der Waals surface area contributed by atoms with E-state index in [-0.39, 0.29) is 46.2 Å². The first-order valence-electron chi connectivity index (χ1n) is 13.1. The van der Waals surface area contributed by atoms with Crippen LogP contribution in [-0.2, 0) is 17.4 Å². The van der Waals surface area contributed by atoms with Crippen LogP contribution < -0.4 is 14.8 Å². The lowest BCUT2D eigenvalue weighted by molar-refractivity contribution is 0.0949. The van der Waals surface area contributed by atoms with Gasteiger partial charge in [-0.05, 0) is 48.4 Å². The summed E-state index contributed by atoms with van der Waals surface area (Å²) in [5.74, 6) is 0.495. The van der Waals surface area contributed by atoms with Gasteiger partial charge in [0, 0.05) is 30.3 Å². The number of phenolic OH excluding ortho intramolecular Hbond substituents is 1. The number of hydrogen-bond donors (Lipinski definition) is 3. The van der Waals surface area contributed by atoms with Crippen molar-refractivity contribution in [2.24, 2.45) is 0 Å². The van der Waals surface area contributed by atoms with Gasteiger partial charge < -0.3 is 24.8 Å². The quantitative estimate of drug-likeness (QED) is 0.412. The fourth-order valence-electron chi connectivity index (χ4n) is 4.75. The molecule has 0 spiro atoms. The van der Waals surface area contributed by atoms with Crippen molar-refractivity contribution in [3.05, 3.63) is 51.6 Å². The monoisotopic (exact) mass is 523 g/mol. The summed E-state index contributed by atoms with van der Waals surface area (Å²) >= 11 is 0. The number of Topliss-reactive ketones (excluding diaryl/α,β-unsaturated/α-hetero) is 1. The second-order valence-electron chi connectivity index (χ2n) is 11.6. The minimum atomic E-state index is -0.366. The largest absolute Gasteiger partial charge is 0.507 e. The normalized spacial score (nSPS) is 13.4. The van der Waals surface area contributed by atoms with E-state index < -0.39 is 0 Å². The van der Waals surface area contributed by atoms with E-state index in [2.05, 4.69) is 5.32 Å². The van der Waals surface area contributed by atoms with Gasteiger partial charge in [-0.3, -0.25) is 15.0 Å². The van der Waals surface area contributed by atoms with Crippen molar-refractivity contribution >= 4 is 17.5 Å². The summed E-state index contributed by atoms with van der Waals surface area (Å²) in [6.07, 6.45) is 0. The van der Waals surface area contributed by atoms with Gasteiger partial charge in [0.25, 0.3) is 5.91 Å². The maximum Gasteiger partial charge on any atom is 0.258 e. The number of fused-ring (bicyclic) bond motifs is 1. The summed E-state index contributed by atoms with van der Waals surface area (Å²) in [6, 6.07) is 5.30. The van der Waals surface area contributed by atoms with Gasteiger partial charge in [0.05, 0.1) is 25.3 Å². The number of benzene rings is 2. The smallest absolute Gasteiger partial charge is 0.258 e. The molecule has 2 aromatic rings. The lowest BCUT2D eigenvalue weighted by atomic mass is 9.78. The Morgan fingerprint density at radius 2 is 1.55 bits per heavy atom. The van der Waals surface area contributed by atoms with Gasteiger partial charge in [-0.15, -0.1) is 0 Å². The van der Waals surface area contributed by atoms with Gasteiger partial charge in [-0.25, -0.2) is 0 Å². The van der Waals surface area contributed by atoms with Gasteiger partial charge in [-0.1, -0.05) is 41.5 Å². The number of aromatic hydroxyl groups is 1. The van der Waals surface area contributed by atoms with Crippen molar-refractivity contribution in [1.29, 1.82) is 5.41 Å². The number of nitrogens with zero attached hydrogens (tertiary/aromatic N) is 1. The Labute approximate surface area is 225 Å². The van der Waals surface area contributed by atoms with E-state index >= 15 is 0 Å². The molecule has 0 aliphatic carbocycles. The molecule has 0 saturated heterocycles. The molecule has 0 aromatic heterocycles. The van der Waals surface area contributed by atoms with E-state index in [1.807, 2.05) is 55.4 Å². The van der Waals surface area contributed by atoms with Crippen LogP contribution in [0.3, 0.4) is 0 Å². The van der Waals surface area contributed by atoms with Crippen LogP contribution in [0.4, 0.5) is 0 Å². The first kappa shape index (κ1) is 29.0. The number of hydrogen-bond acceptors (Lipinski definition) is 6. The molecular formula is C30H41N3O5. The third-order valence-corrected chi connectivity index (χ3v) is 6.67. The number of nitrogens with one attached hydrogen (secondary N) is 2. The molecule has 0 radical (unpaired) electrons. The highest BCUT2D eigenvalue weighted by atomic mass is 16.5. The molecule has 0 fully saturated rings. The summed E-state index contributed by atoms with van der Waals surface area (Å²) in [6.45, 7) is 16.6. The number of carbonyl (C=O) groups is 2. The summed E-state index contributed by atoms with van der Waals surface area (Å²) in [7, 11) is 1.53. The number of ketones is 1. The number of phenols is 1. The van der Waals surface area contributed by atoms with Crippen LogP contribution in [0, 0.1) is 5.41 Å². The minimum absolute atomic E-state index is 0.0315. The van der Waals surface area contributed by atoms with Crippen LogP contribution >= 0.6 is 0 Å². The molecule has 1 aliphatic heterocycles. The van der Waals surface area contributed by atoms with E-state index in [9.17, 15) is 14.7 Å². The standard InChI is InChI=1S/C30H41N3O5/c1-10-37-22-14-18-15-33(27(31)23(18)26(38-11-2)24(22)28(36)32-9)16-21(34)17-12-19(29(3,4)5)25(35)20(13-17)30(6,7)8/h12-14,31,35H,10-11,15-16H2,1-9H3,(H,32,36). The molecule has 8 nitrogen and oxygen atoms in total. The van der Waals surface area contributed by atoms with E-state index in [1.165, 1.54) is 7.05 Å². The average Bonchev–Trinajstić information content (AvgIpc) is 3.12. The van der Waals surface area contributed by atoms with Gasteiger partial charge in [-0.2, -0.15) is 0 Å². The predicted molar refractivity (Wildman–Crippen MR) is 149 cm³/mol. The van der Waals surface area contributed by atoms with Crippen molar-refractivity contribution in [3.8, 4) is 17.2 Å². The summed E-state index contributed by atoms with van der Waals surface area (Å²) in [5.41, 5.74) is 2.69. The predicted octanol–water partition coefficient (Wildman–Crippen LogP) is 5.17. The Morgan fingerprint density at radius 1 is 1.00 bits per heavy atom. The Bertz CT molecular complexity index is 1230. The molecule has 8 heteroatoms. The van der Waals surface area contributed by atoms with E-state index in [1.54, 1.807) is 23.1 Å². The highest BCUT2D eigenvalue weighted by molar-refractivity contribution is 6.10. The van der Waals surface area contributed by atoms with E-state index in [4.69, 9.17) is 14.9 Å². The summed E-state index contributed by atoms with van der Waals surface area (Å²) in [4.78, 5) is 28.1. The number of rotatable bonds is 8. The van der Waals surface area contributed by atoms with Gasteiger partial charge >= 0.3 is 0 Å². The van der Waals surface area contributed by atoms with E-state index in [0.29, 0.717) is 53.5 Å². The van der Waals surface area contributed by atoms with Crippen LogP contribution in [0.2, 0.25) is 0 Å². The van der Waals surface area contributed by atoms with Crippen LogP contribution in [0.15, 0.2) is 18.2 Å². The average molecular weight is 524 g/mol. The van der Waals surface area contributed by atoms with Crippen molar-refractivity contribution in [3.63, 3.8) is 0 Å². The van der Waals surface area contributed by atoms with Crippen LogP contribution in [0.25, 0.3) is 0 Å². The Kier molecular flexibility index (Phi) is 8.15. The number of amidine groups is 1. The van der Waals surface area contributed by atoms with Crippen molar-refractivity contribution < 1.29 is 24.2 Å². The van der Waals surface area contributed by atoms with Crippen LogP contribution in [0.1, 0.15) is 98.4 Å². The number of carbonyl (C=O) groups excluding carboxylic acids is 2. The molecule has 3 rings (SSSR count). The molecule has 1 heterocycles. The summed E-state index contributed by atoms with van der Waals surface area (Å²) < 4.78 is 11.7. The zero-order chi connectivity index (χ0) is 28.6. The third kappa shape index (κ3) is 5.49. The lowest BCUT2D eigenvalue weighted by Gasteiger charge is -2.28. The molecule has 1 aliphatic rings. The molecule has 0 bridgehead atoms. The molecule has 38 heavy (non-hydrogen) atoms. The molecule has 206 valence electrons. The molecule has 1 amide bonds. The third-order valence-electron chi connectivity index (χ3n) is 6.67. The Hall–Kier alpha value is -3.55. The van der Waals surface area contributed by atoms with Crippen molar-refractivity contribution in [1.82, 2.24) is 10.2 Å². The zero-order valence-corrected chi connectivity index (χ0v) is 24.1. The highest BCUT2D eigenvalue weighted by Crippen LogP contribution is 2.42. The van der Waals surface area contributed by atoms with Gasteiger partial charge in [0.15, 0.2) is 5.78 Å². The molecule has 0 unspecified atom stereocenters. The fraction of sp³-hybridized carbons (Fsp3) is 0.500. The number of amides is 1. The Balaban J connectivity index is 2.05. The summed E-state index contributed by atoms with van der Waals surface area (Å²) in [5, 5.41) is 22.6. The molecule has 3 N–H and O–H groups in total. The highest BCUT2D eigenvalue weighted by Gasteiger charge is 2.35. The van der Waals surface area contributed by atoms with Gasteiger partial charge in [0.1, 0.15) is 28.6 Å². The van der Waals surface area contributed by atoms with Crippen molar-refractivity contribution in [2.45, 2.75) is 72.8 Å². The fourth-order valence-corrected chi connectivity index (χ4v) is 4.75. The second-order valence-corrected chi connectivity index (χ2v) is 11.6. The van der Waals surface area contributed by atoms with Crippen LogP contribution in [0.5, 0.6) is 17.2 Å². The minimum Gasteiger partial charge on any atom is -0.507 e. The molecule has 0 atom stereocenters. The maximum absolute atomic E-state index is 13.6.